The SMILES string of the molecule is O=C1CCC(N2Cc3cc(-c4cc(Cn5cccn5)ccn4)ccc3C2=O)C(=O)N1. The molecule has 0 saturated carbocycles. The summed E-state index contributed by atoms with van der Waals surface area (Å²) in [6.45, 7) is 0.997. The quantitative estimate of drug-likeness (QED) is 0.672. The van der Waals surface area contributed by atoms with E-state index >= 15 is 0 Å². The van der Waals surface area contributed by atoms with Crippen molar-refractivity contribution in [3.63, 3.8) is 0 Å². The van der Waals surface area contributed by atoms with Gasteiger partial charge in [-0.15, -0.1) is 0 Å². The summed E-state index contributed by atoms with van der Waals surface area (Å²) < 4.78 is 1.85. The number of carbonyl (C=O) groups is 3. The van der Waals surface area contributed by atoms with Crippen LogP contribution in [0.3, 0.4) is 0 Å². The van der Waals surface area contributed by atoms with Crippen LogP contribution in [0.4, 0.5) is 0 Å². The number of amides is 3. The van der Waals surface area contributed by atoms with E-state index < -0.39 is 11.9 Å². The predicted octanol–water partition coefficient (Wildman–Crippen LogP) is 1.75. The zero-order chi connectivity index (χ0) is 20.7. The van der Waals surface area contributed by atoms with Gasteiger partial charge in [0.1, 0.15) is 6.04 Å². The van der Waals surface area contributed by atoms with Crippen LogP contribution in [0.1, 0.15) is 34.3 Å². The first-order chi connectivity index (χ1) is 14.6. The first-order valence-corrected chi connectivity index (χ1v) is 9.79. The van der Waals surface area contributed by atoms with Gasteiger partial charge in [0.15, 0.2) is 0 Å². The highest BCUT2D eigenvalue weighted by molar-refractivity contribution is 6.05. The van der Waals surface area contributed by atoms with Crippen molar-refractivity contribution in [1.82, 2.24) is 25.0 Å². The zero-order valence-corrected chi connectivity index (χ0v) is 16.1. The normalized spacial score (nSPS) is 18.5. The van der Waals surface area contributed by atoms with E-state index in [4.69, 9.17) is 0 Å². The molecule has 150 valence electrons. The third-order valence-electron chi connectivity index (χ3n) is 5.55. The second kappa shape index (κ2) is 7.22. The Bertz CT molecular complexity index is 1160. The molecule has 0 radical (unpaired) electrons. The van der Waals surface area contributed by atoms with Crippen LogP contribution in [-0.2, 0) is 22.7 Å². The molecule has 0 spiro atoms. The number of pyridine rings is 1. The number of rotatable bonds is 4. The number of nitrogens with zero attached hydrogens (tertiary/aromatic N) is 4. The van der Waals surface area contributed by atoms with Crippen LogP contribution in [0.15, 0.2) is 55.0 Å². The fraction of sp³-hybridized carbons (Fsp3) is 0.227. The third kappa shape index (κ3) is 3.26. The third-order valence-corrected chi connectivity index (χ3v) is 5.55. The molecule has 3 aromatic rings. The summed E-state index contributed by atoms with van der Waals surface area (Å²) in [5.74, 6) is -0.865. The van der Waals surface area contributed by atoms with Crippen molar-refractivity contribution in [3.8, 4) is 11.3 Å². The van der Waals surface area contributed by atoms with Crippen molar-refractivity contribution < 1.29 is 14.4 Å². The molecule has 2 aliphatic rings. The molecular formula is C22H19N5O3. The van der Waals surface area contributed by atoms with Crippen molar-refractivity contribution in [2.45, 2.75) is 32.0 Å². The molecule has 0 bridgehead atoms. The van der Waals surface area contributed by atoms with Gasteiger partial charge < -0.3 is 4.90 Å². The van der Waals surface area contributed by atoms with Gasteiger partial charge in [-0.3, -0.25) is 29.4 Å². The molecule has 1 saturated heterocycles. The topological polar surface area (TPSA) is 97.2 Å². The van der Waals surface area contributed by atoms with E-state index in [0.29, 0.717) is 25.1 Å². The summed E-state index contributed by atoms with van der Waals surface area (Å²) in [5.41, 5.74) is 4.26. The number of benzene rings is 1. The van der Waals surface area contributed by atoms with Crippen LogP contribution in [0.5, 0.6) is 0 Å². The fourth-order valence-electron chi connectivity index (χ4n) is 4.05. The monoisotopic (exact) mass is 401 g/mol. The molecule has 1 atom stereocenters. The first kappa shape index (κ1) is 18.2. The number of nitrogens with one attached hydrogen (secondary N) is 1. The van der Waals surface area contributed by atoms with Crippen LogP contribution >= 0.6 is 0 Å². The molecule has 8 nitrogen and oxygen atoms in total. The first-order valence-electron chi connectivity index (χ1n) is 9.79. The molecule has 0 aliphatic carbocycles. The number of aromatic nitrogens is 3. The Kier molecular flexibility index (Phi) is 4.39. The van der Waals surface area contributed by atoms with Crippen molar-refractivity contribution in [3.05, 3.63) is 71.7 Å². The molecule has 5 rings (SSSR count). The van der Waals surface area contributed by atoms with Gasteiger partial charge in [-0.25, -0.2) is 0 Å². The minimum atomic E-state index is -0.610. The highest BCUT2D eigenvalue weighted by Gasteiger charge is 2.39. The highest BCUT2D eigenvalue weighted by Crippen LogP contribution is 2.30. The van der Waals surface area contributed by atoms with Gasteiger partial charge in [0.25, 0.3) is 5.91 Å². The van der Waals surface area contributed by atoms with E-state index in [1.165, 1.54) is 0 Å². The predicted molar refractivity (Wildman–Crippen MR) is 107 cm³/mol. The summed E-state index contributed by atoms with van der Waals surface area (Å²) >= 11 is 0. The van der Waals surface area contributed by atoms with Gasteiger partial charge in [0.2, 0.25) is 11.8 Å². The lowest BCUT2D eigenvalue weighted by Gasteiger charge is -2.29. The molecule has 2 aliphatic heterocycles. The van der Waals surface area contributed by atoms with Gasteiger partial charge >= 0.3 is 0 Å². The van der Waals surface area contributed by atoms with Gasteiger partial charge in [-0.05, 0) is 47.9 Å². The molecule has 8 heteroatoms. The van der Waals surface area contributed by atoms with Crippen LogP contribution in [0, 0.1) is 0 Å². The second-order valence-corrected chi connectivity index (χ2v) is 7.52. The van der Waals surface area contributed by atoms with E-state index in [1.807, 2.05) is 41.2 Å². The minimum absolute atomic E-state index is 0.175. The number of imide groups is 1. The molecule has 30 heavy (non-hydrogen) atoms. The Hall–Kier alpha value is -3.81. The minimum Gasteiger partial charge on any atom is -0.322 e. The smallest absolute Gasteiger partial charge is 0.255 e. The number of hydrogen-bond acceptors (Lipinski definition) is 5. The van der Waals surface area contributed by atoms with Crippen molar-refractivity contribution in [1.29, 1.82) is 0 Å². The maximum Gasteiger partial charge on any atom is 0.255 e. The Balaban J connectivity index is 1.39. The summed E-state index contributed by atoms with van der Waals surface area (Å²) in [5, 5.41) is 6.56. The largest absolute Gasteiger partial charge is 0.322 e. The number of piperidine rings is 1. The fourth-order valence-corrected chi connectivity index (χ4v) is 4.05. The molecule has 4 heterocycles. The Morgan fingerprint density at radius 1 is 1.10 bits per heavy atom. The maximum absolute atomic E-state index is 12.8. The molecule has 1 fully saturated rings. The number of carbonyl (C=O) groups excluding carboxylic acids is 3. The van der Waals surface area contributed by atoms with Gasteiger partial charge in [0.05, 0.1) is 12.2 Å². The summed E-state index contributed by atoms with van der Waals surface area (Å²) in [4.78, 5) is 42.5. The average molecular weight is 401 g/mol. The van der Waals surface area contributed by atoms with Crippen LogP contribution < -0.4 is 5.32 Å². The van der Waals surface area contributed by atoms with Crippen LogP contribution in [0.25, 0.3) is 11.3 Å². The lowest BCUT2D eigenvalue weighted by atomic mass is 10.0. The molecule has 1 aromatic carbocycles. The highest BCUT2D eigenvalue weighted by atomic mass is 16.2. The lowest BCUT2D eigenvalue weighted by molar-refractivity contribution is -0.136. The molecule has 1 N–H and O–H groups in total. The van der Waals surface area contributed by atoms with Gasteiger partial charge in [-0.2, -0.15) is 5.10 Å². The van der Waals surface area contributed by atoms with Crippen molar-refractivity contribution in [2.75, 3.05) is 0 Å². The van der Waals surface area contributed by atoms with E-state index in [0.717, 1.165) is 22.4 Å². The number of hydrogen-bond donors (Lipinski definition) is 1. The summed E-state index contributed by atoms with van der Waals surface area (Å²) in [7, 11) is 0. The molecule has 2 aromatic heterocycles. The average Bonchev–Trinajstić information content (AvgIpc) is 3.36. The van der Waals surface area contributed by atoms with Crippen LogP contribution in [-0.4, -0.2) is 43.4 Å². The summed E-state index contributed by atoms with van der Waals surface area (Å²) in [6.07, 6.45) is 6.02. The van der Waals surface area contributed by atoms with Crippen LogP contribution in [0.2, 0.25) is 0 Å². The zero-order valence-electron chi connectivity index (χ0n) is 16.1. The van der Waals surface area contributed by atoms with Crippen molar-refractivity contribution >= 4 is 17.7 Å². The van der Waals surface area contributed by atoms with E-state index in [9.17, 15) is 14.4 Å². The van der Waals surface area contributed by atoms with E-state index in [-0.39, 0.29) is 18.2 Å². The lowest BCUT2D eigenvalue weighted by Crippen LogP contribution is -2.52. The van der Waals surface area contributed by atoms with E-state index in [1.54, 1.807) is 23.4 Å². The molecular weight excluding hydrogens is 382 g/mol. The molecule has 1 unspecified atom stereocenters. The Morgan fingerprint density at radius 2 is 2.00 bits per heavy atom. The van der Waals surface area contributed by atoms with Gasteiger partial charge in [-0.1, -0.05) is 6.07 Å². The Labute approximate surface area is 172 Å². The Morgan fingerprint density at radius 3 is 2.80 bits per heavy atom. The number of fused-ring (bicyclic) bond motifs is 1. The second-order valence-electron chi connectivity index (χ2n) is 7.52. The van der Waals surface area contributed by atoms with E-state index in [2.05, 4.69) is 15.4 Å². The van der Waals surface area contributed by atoms with Gasteiger partial charge in [0, 0.05) is 42.7 Å². The summed E-state index contributed by atoms with van der Waals surface area (Å²) in [6, 6.07) is 10.9. The van der Waals surface area contributed by atoms with Crippen molar-refractivity contribution in [2.24, 2.45) is 0 Å². The molecule has 3 amide bonds. The maximum atomic E-state index is 12.8. The standard InChI is InChI=1S/C22H19N5O3/c28-20-5-4-19(21(29)25-20)27-13-16-11-15(2-3-17(16)22(27)30)18-10-14(6-8-23-18)12-26-9-1-7-24-26/h1-3,6-11,19H,4-5,12-13H2,(H,25,28,29).